The molecule has 2 saturated heterocycles. The first kappa shape index (κ1) is 35.3. The SMILES string of the molecule is CC1C(CN2CCN(c3ncccn3)CC2)OC(c2ccc(-c3ccccc3CNC(=O)NCc3ccccc3)cc2)OC1c1ccc(CO)cc1. The van der Waals surface area contributed by atoms with Crippen molar-refractivity contribution in [1.29, 1.82) is 0 Å². The van der Waals surface area contributed by atoms with E-state index in [2.05, 4.69) is 79.8 Å². The minimum absolute atomic E-state index is 0.00269. The number of carbonyl (C=O) groups excluding carboxylic acids is 1. The molecule has 0 saturated carbocycles. The summed E-state index contributed by atoms with van der Waals surface area (Å²) in [6.45, 7) is 7.35. The number of hydrogen-bond acceptors (Lipinski definition) is 8. The van der Waals surface area contributed by atoms with Crippen LogP contribution < -0.4 is 15.5 Å². The van der Waals surface area contributed by atoms with Gasteiger partial charge in [0.05, 0.1) is 18.8 Å². The number of aromatic nitrogens is 2. The zero-order valence-corrected chi connectivity index (χ0v) is 29.5. The highest BCUT2D eigenvalue weighted by atomic mass is 16.7. The molecule has 5 aromatic rings. The Morgan fingerprint density at radius 1 is 0.750 bits per heavy atom. The van der Waals surface area contributed by atoms with E-state index in [1.807, 2.05) is 66.7 Å². The normalized spacial score (nSPS) is 20.7. The van der Waals surface area contributed by atoms with Crippen LogP contribution in [-0.2, 0) is 29.2 Å². The molecule has 0 radical (unpaired) electrons. The molecule has 4 aromatic carbocycles. The molecule has 2 amide bonds. The van der Waals surface area contributed by atoms with Gasteiger partial charge < -0.3 is 30.1 Å². The van der Waals surface area contributed by atoms with Crippen molar-refractivity contribution in [2.45, 2.75) is 45.1 Å². The van der Waals surface area contributed by atoms with Crippen LogP contribution in [0.25, 0.3) is 11.1 Å². The van der Waals surface area contributed by atoms with Crippen LogP contribution in [0.3, 0.4) is 0 Å². The van der Waals surface area contributed by atoms with Crippen LogP contribution in [0.5, 0.6) is 0 Å². The number of carbonyl (C=O) groups is 1. The van der Waals surface area contributed by atoms with Crippen LogP contribution >= 0.6 is 0 Å². The lowest BCUT2D eigenvalue weighted by Crippen LogP contribution is -2.51. The average Bonchev–Trinajstić information content (AvgIpc) is 3.21. The summed E-state index contributed by atoms with van der Waals surface area (Å²) in [7, 11) is 0. The van der Waals surface area contributed by atoms with Crippen LogP contribution in [0.15, 0.2) is 122 Å². The molecular weight excluding hydrogens is 653 g/mol. The second-order valence-corrected chi connectivity index (χ2v) is 13.5. The monoisotopic (exact) mass is 698 g/mol. The molecule has 0 spiro atoms. The number of piperazine rings is 1. The van der Waals surface area contributed by atoms with E-state index in [0.29, 0.717) is 13.1 Å². The minimum Gasteiger partial charge on any atom is -0.392 e. The van der Waals surface area contributed by atoms with Crippen LogP contribution in [0, 0.1) is 5.92 Å². The Balaban J connectivity index is 1.04. The van der Waals surface area contributed by atoms with Gasteiger partial charge in [-0.15, -0.1) is 0 Å². The zero-order chi connectivity index (χ0) is 35.7. The Bertz CT molecular complexity index is 1870. The fraction of sp³-hybridized carbons (Fsp3) is 0.310. The van der Waals surface area contributed by atoms with Crippen molar-refractivity contribution in [2.75, 3.05) is 37.6 Å². The van der Waals surface area contributed by atoms with Gasteiger partial charge in [0, 0.05) is 69.7 Å². The smallest absolute Gasteiger partial charge is 0.315 e. The van der Waals surface area contributed by atoms with E-state index in [1.54, 1.807) is 12.4 Å². The molecule has 2 aliphatic heterocycles. The number of benzene rings is 4. The van der Waals surface area contributed by atoms with Gasteiger partial charge in [-0.05, 0) is 39.4 Å². The topological polar surface area (TPSA) is 112 Å². The van der Waals surface area contributed by atoms with Gasteiger partial charge in [-0.3, -0.25) is 4.90 Å². The Morgan fingerprint density at radius 2 is 1.42 bits per heavy atom. The molecule has 0 bridgehead atoms. The number of amides is 2. The van der Waals surface area contributed by atoms with Gasteiger partial charge in [0.25, 0.3) is 0 Å². The molecule has 268 valence electrons. The highest BCUT2D eigenvalue weighted by Crippen LogP contribution is 2.42. The van der Waals surface area contributed by atoms with E-state index >= 15 is 0 Å². The van der Waals surface area contributed by atoms with Crippen molar-refractivity contribution in [2.24, 2.45) is 5.92 Å². The first-order chi connectivity index (χ1) is 25.5. The van der Waals surface area contributed by atoms with Crippen LogP contribution in [-0.4, -0.2) is 64.8 Å². The van der Waals surface area contributed by atoms with Gasteiger partial charge in [-0.2, -0.15) is 0 Å². The van der Waals surface area contributed by atoms with E-state index < -0.39 is 6.29 Å². The third kappa shape index (κ3) is 8.66. The number of nitrogens with zero attached hydrogens (tertiary/aromatic N) is 4. The second kappa shape index (κ2) is 16.9. The van der Waals surface area contributed by atoms with E-state index in [-0.39, 0.29) is 30.8 Å². The molecule has 2 fully saturated rings. The van der Waals surface area contributed by atoms with Crippen molar-refractivity contribution in [3.8, 4) is 11.1 Å². The van der Waals surface area contributed by atoms with Gasteiger partial charge in [0.1, 0.15) is 0 Å². The molecule has 3 heterocycles. The van der Waals surface area contributed by atoms with Crippen molar-refractivity contribution in [3.63, 3.8) is 0 Å². The maximum absolute atomic E-state index is 12.6. The minimum atomic E-state index is -0.554. The fourth-order valence-corrected chi connectivity index (χ4v) is 6.96. The van der Waals surface area contributed by atoms with Crippen LogP contribution in [0.4, 0.5) is 10.7 Å². The second-order valence-electron chi connectivity index (χ2n) is 13.5. The molecule has 10 nitrogen and oxygen atoms in total. The van der Waals surface area contributed by atoms with Gasteiger partial charge >= 0.3 is 6.03 Å². The van der Waals surface area contributed by atoms with E-state index in [1.165, 1.54) is 0 Å². The number of aliphatic hydroxyl groups is 1. The Kier molecular flexibility index (Phi) is 11.5. The number of aliphatic hydroxyl groups excluding tert-OH is 1. The standard InChI is InChI=1S/C42H46N6O4/c1-30-38(28-47-22-24-48(25-23-47)41-43-20-7-21-44-41)51-40(52-39(30)34-14-12-32(29-49)13-15-34)35-18-16-33(17-19-35)37-11-6-5-10-36(37)27-46-42(50)45-26-31-8-3-2-4-9-31/h2-21,30,38-40,49H,22-29H2,1H3,(H2,45,46,50). The number of nitrogens with one attached hydrogen (secondary N) is 2. The maximum Gasteiger partial charge on any atom is 0.315 e. The van der Waals surface area contributed by atoms with Gasteiger partial charge in [-0.1, -0.05) is 110 Å². The first-order valence-electron chi connectivity index (χ1n) is 18.0. The molecule has 52 heavy (non-hydrogen) atoms. The summed E-state index contributed by atoms with van der Waals surface area (Å²) in [5.41, 5.74) is 7.05. The summed E-state index contributed by atoms with van der Waals surface area (Å²) in [5, 5.41) is 15.6. The number of urea groups is 1. The molecule has 4 atom stereocenters. The van der Waals surface area contributed by atoms with Crippen molar-refractivity contribution in [1.82, 2.24) is 25.5 Å². The van der Waals surface area contributed by atoms with E-state index in [0.717, 1.165) is 77.6 Å². The highest BCUT2D eigenvalue weighted by Gasteiger charge is 2.39. The summed E-state index contributed by atoms with van der Waals surface area (Å²) < 4.78 is 13.5. The Labute approximate surface area is 305 Å². The Morgan fingerprint density at radius 3 is 2.15 bits per heavy atom. The number of hydrogen-bond donors (Lipinski definition) is 3. The van der Waals surface area contributed by atoms with Gasteiger partial charge in [0.15, 0.2) is 6.29 Å². The first-order valence-corrected chi connectivity index (χ1v) is 18.0. The summed E-state index contributed by atoms with van der Waals surface area (Å²) >= 11 is 0. The third-order valence-electron chi connectivity index (χ3n) is 10.0. The molecule has 2 aliphatic rings. The molecule has 1 aromatic heterocycles. The lowest BCUT2D eigenvalue weighted by atomic mass is 9.89. The summed E-state index contributed by atoms with van der Waals surface area (Å²) in [5.74, 6) is 0.867. The summed E-state index contributed by atoms with van der Waals surface area (Å²) in [4.78, 5) is 26.2. The molecule has 7 rings (SSSR count). The fourth-order valence-electron chi connectivity index (χ4n) is 6.96. The number of rotatable bonds is 11. The number of ether oxygens (including phenoxy) is 2. The van der Waals surface area contributed by atoms with Gasteiger partial charge in [-0.25, -0.2) is 14.8 Å². The predicted molar refractivity (Wildman–Crippen MR) is 201 cm³/mol. The van der Waals surface area contributed by atoms with Crippen LogP contribution in [0.2, 0.25) is 0 Å². The highest BCUT2D eigenvalue weighted by molar-refractivity contribution is 5.75. The predicted octanol–water partition coefficient (Wildman–Crippen LogP) is 6.25. The molecule has 10 heteroatoms. The van der Waals surface area contributed by atoms with E-state index in [4.69, 9.17) is 9.47 Å². The van der Waals surface area contributed by atoms with Crippen molar-refractivity contribution >= 4 is 12.0 Å². The largest absolute Gasteiger partial charge is 0.392 e. The van der Waals surface area contributed by atoms with E-state index in [9.17, 15) is 9.90 Å². The lowest BCUT2D eigenvalue weighted by molar-refractivity contribution is -0.276. The molecule has 4 unspecified atom stereocenters. The van der Waals surface area contributed by atoms with Crippen molar-refractivity contribution < 1.29 is 19.4 Å². The molecule has 0 aliphatic carbocycles. The number of anilines is 1. The summed E-state index contributed by atoms with van der Waals surface area (Å²) in [6, 6.07) is 36.0. The van der Waals surface area contributed by atoms with Crippen molar-refractivity contribution in [3.05, 3.63) is 149 Å². The summed E-state index contributed by atoms with van der Waals surface area (Å²) in [6.07, 6.45) is 2.77. The van der Waals surface area contributed by atoms with Crippen LogP contribution in [0.1, 0.15) is 47.1 Å². The molecule has 3 N–H and O–H groups in total. The molecular formula is C42H46N6O4. The third-order valence-corrected chi connectivity index (χ3v) is 10.0. The lowest BCUT2D eigenvalue weighted by Gasteiger charge is -2.44. The zero-order valence-electron chi connectivity index (χ0n) is 29.5. The Hall–Kier alpha value is -5.13. The average molecular weight is 699 g/mol. The quantitative estimate of drug-likeness (QED) is 0.149. The maximum atomic E-state index is 12.6. The van der Waals surface area contributed by atoms with Gasteiger partial charge in [0.2, 0.25) is 5.95 Å².